The topological polar surface area (TPSA) is 75.7 Å². The average Bonchev–Trinajstić information content (AvgIpc) is 3.11. The van der Waals surface area contributed by atoms with Crippen molar-refractivity contribution in [2.24, 2.45) is 23.2 Å². The SMILES string of the molecule is COc1cccc(S(=O)(=O)N2CCCC2CC(=O)NC23CC4CC5C[C@@H](C2)C543)c1. The van der Waals surface area contributed by atoms with Gasteiger partial charge in [0, 0.05) is 36.0 Å². The summed E-state index contributed by atoms with van der Waals surface area (Å²) in [6.45, 7) is 0.471. The highest BCUT2D eigenvalue weighted by atomic mass is 32.2. The van der Waals surface area contributed by atoms with Crippen molar-refractivity contribution in [3.63, 3.8) is 0 Å². The summed E-state index contributed by atoms with van der Waals surface area (Å²) in [6.07, 6.45) is 6.81. The van der Waals surface area contributed by atoms with Gasteiger partial charge in [-0.05, 0) is 68.4 Å². The fraction of sp³-hybridized carbons (Fsp3) is 0.682. The summed E-state index contributed by atoms with van der Waals surface area (Å²) in [4.78, 5) is 13.2. The molecule has 5 fully saturated rings. The molecular formula is C22H28N2O4S. The van der Waals surface area contributed by atoms with Crippen LogP contribution >= 0.6 is 0 Å². The van der Waals surface area contributed by atoms with Gasteiger partial charge in [0.25, 0.3) is 0 Å². The summed E-state index contributed by atoms with van der Waals surface area (Å²) < 4.78 is 33.1. The zero-order chi connectivity index (χ0) is 20.0. The molecule has 1 heterocycles. The molecule has 1 N–H and O–H groups in total. The van der Waals surface area contributed by atoms with Crippen LogP contribution in [0.5, 0.6) is 5.75 Å². The van der Waals surface area contributed by atoms with Crippen LogP contribution in [0.1, 0.15) is 44.9 Å². The lowest BCUT2D eigenvalue weighted by Crippen LogP contribution is -2.92. The summed E-state index contributed by atoms with van der Waals surface area (Å²) >= 11 is 0. The lowest BCUT2D eigenvalue weighted by Gasteiger charge is -2.91. The van der Waals surface area contributed by atoms with Crippen molar-refractivity contribution >= 4 is 15.9 Å². The Morgan fingerprint density at radius 3 is 2.66 bits per heavy atom. The molecule has 1 aromatic rings. The van der Waals surface area contributed by atoms with Crippen molar-refractivity contribution in [3.05, 3.63) is 24.3 Å². The highest BCUT2D eigenvalue weighted by Crippen LogP contribution is 2.89. The Hall–Kier alpha value is -1.60. The second kappa shape index (κ2) is 5.76. The average molecular weight is 417 g/mol. The first-order valence-electron chi connectivity index (χ1n) is 10.9. The number of carbonyl (C=O) groups excluding carboxylic acids is 1. The maximum atomic E-state index is 13.2. The van der Waals surface area contributed by atoms with Gasteiger partial charge in [0.15, 0.2) is 0 Å². The van der Waals surface area contributed by atoms with E-state index in [1.165, 1.54) is 24.3 Å². The van der Waals surface area contributed by atoms with Gasteiger partial charge in [-0.25, -0.2) is 8.42 Å². The minimum absolute atomic E-state index is 0.0339. The van der Waals surface area contributed by atoms with Crippen molar-refractivity contribution in [1.29, 1.82) is 0 Å². The third-order valence-corrected chi connectivity index (χ3v) is 10.9. The lowest BCUT2D eigenvalue weighted by atomic mass is 9.15. The molecule has 1 amide bonds. The molecule has 5 unspecified atom stereocenters. The van der Waals surface area contributed by atoms with E-state index in [0.717, 1.165) is 43.4 Å². The van der Waals surface area contributed by atoms with Gasteiger partial charge in [-0.1, -0.05) is 6.07 Å². The fourth-order valence-electron chi connectivity index (χ4n) is 7.90. The number of carbonyl (C=O) groups is 1. The maximum Gasteiger partial charge on any atom is 0.243 e. The summed E-state index contributed by atoms with van der Waals surface area (Å²) in [7, 11) is -2.11. The monoisotopic (exact) mass is 416 g/mol. The molecule has 156 valence electrons. The smallest absolute Gasteiger partial charge is 0.243 e. The number of nitrogens with zero attached hydrogens (tertiary/aromatic N) is 1. The van der Waals surface area contributed by atoms with E-state index in [9.17, 15) is 13.2 Å². The third kappa shape index (κ3) is 2.11. The predicted molar refractivity (Wildman–Crippen MR) is 107 cm³/mol. The van der Waals surface area contributed by atoms with Crippen LogP contribution in [0.3, 0.4) is 0 Å². The zero-order valence-corrected chi connectivity index (χ0v) is 17.6. The van der Waals surface area contributed by atoms with E-state index in [2.05, 4.69) is 5.32 Å². The number of hydrogen-bond donors (Lipinski definition) is 1. The van der Waals surface area contributed by atoms with Crippen LogP contribution in [-0.2, 0) is 14.8 Å². The second-order valence-corrected chi connectivity index (χ2v) is 11.7. The quantitative estimate of drug-likeness (QED) is 0.773. The number of rotatable bonds is 6. The Bertz CT molecular complexity index is 965. The van der Waals surface area contributed by atoms with Gasteiger partial charge < -0.3 is 10.1 Å². The van der Waals surface area contributed by atoms with E-state index in [4.69, 9.17) is 4.74 Å². The van der Waals surface area contributed by atoms with Gasteiger partial charge in [0.05, 0.1) is 12.0 Å². The summed E-state index contributed by atoms with van der Waals surface area (Å²) in [5.41, 5.74) is 0.500. The van der Waals surface area contributed by atoms with E-state index in [1.807, 2.05) is 0 Å². The van der Waals surface area contributed by atoms with Gasteiger partial charge in [0.1, 0.15) is 5.75 Å². The molecule has 7 heteroatoms. The Balaban J connectivity index is 1.16. The van der Waals surface area contributed by atoms with Crippen LogP contribution in [0.2, 0.25) is 0 Å². The Morgan fingerprint density at radius 1 is 1.24 bits per heavy atom. The summed E-state index contributed by atoms with van der Waals surface area (Å²) in [6, 6.07) is 6.32. The first-order valence-corrected chi connectivity index (χ1v) is 12.3. The first-order chi connectivity index (χ1) is 13.9. The molecule has 5 aliphatic rings. The molecule has 0 bridgehead atoms. The maximum absolute atomic E-state index is 13.2. The van der Waals surface area contributed by atoms with Gasteiger partial charge >= 0.3 is 0 Å². The molecular weight excluding hydrogens is 388 g/mol. The molecule has 1 spiro atoms. The highest BCUT2D eigenvalue weighted by Gasteiger charge is 2.88. The van der Waals surface area contributed by atoms with E-state index in [1.54, 1.807) is 24.3 Å². The van der Waals surface area contributed by atoms with Crippen LogP contribution in [-0.4, -0.2) is 43.9 Å². The van der Waals surface area contributed by atoms with Crippen LogP contribution < -0.4 is 10.1 Å². The molecule has 1 saturated heterocycles. The van der Waals surface area contributed by atoms with E-state index >= 15 is 0 Å². The standard InChI is InChI=1S/C22H28N2O4S/c1-28-18-5-2-6-19(11-18)29(26,27)24-7-3-4-17(24)10-20(25)23-21-12-15-8-14-9-16(13-21)22(14,15)21/h2,5-6,11,14-17H,3-4,7-10,12-13H2,1H3,(H,23,25)/t14?,15-,16?,17?,21?,22?/m0/s1. The van der Waals surface area contributed by atoms with E-state index in [0.29, 0.717) is 17.7 Å². The van der Waals surface area contributed by atoms with Crippen molar-refractivity contribution in [1.82, 2.24) is 9.62 Å². The van der Waals surface area contributed by atoms with Crippen molar-refractivity contribution < 1.29 is 17.9 Å². The van der Waals surface area contributed by atoms with Crippen molar-refractivity contribution in [3.8, 4) is 5.75 Å². The van der Waals surface area contributed by atoms with Crippen LogP contribution in [0, 0.1) is 23.2 Å². The lowest BCUT2D eigenvalue weighted by molar-refractivity contribution is -0.394. The second-order valence-electron chi connectivity index (χ2n) is 9.83. The fourth-order valence-corrected chi connectivity index (χ4v) is 9.63. The molecule has 29 heavy (non-hydrogen) atoms. The first kappa shape index (κ1) is 18.2. The molecule has 6 nitrogen and oxygen atoms in total. The number of sulfonamides is 1. The molecule has 6 atom stereocenters. The molecule has 1 aliphatic heterocycles. The van der Waals surface area contributed by atoms with Crippen LogP contribution in [0.25, 0.3) is 0 Å². The number of benzene rings is 1. The predicted octanol–water partition coefficient (Wildman–Crippen LogP) is 2.54. The molecule has 4 aliphatic carbocycles. The van der Waals surface area contributed by atoms with Gasteiger partial charge in [0.2, 0.25) is 15.9 Å². The molecule has 6 rings (SSSR count). The molecule has 0 aromatic heterocycles. The largest absolute Gasteiger partial charge is 0.497 e. The highest BCUT2D eigenvalue weighted by molar-refractivity contribution is 7.89. The molecule has 0 radical (unpaired) electrons. The normalized spacial score (nSPS) is 41.7. The minimum Gasteiger partial charge on any atom is -0.497 e. The number of methoxy groups -OCH3 is 1. The number of hydrogen-bond acceptors (Lipinski definition) is 4. The number of amides is 1. The van der Waals surface area contributed by atoms with Crippen LogP contribution in [0.15, 0.2) is 29.2 Å². The molecule has 1 aromatic carbocycles. The zero-order valence-electron chi connectivity index (χ0n) is 16.8. The van der Waals surface area contributed by atoms with Gasteiger partial charge in [-0.3, -0.25) is 4.79 Å². The van der Waals surface area contributed by atoms with Crippen LogP contribution in [0.4, 0.5) is 0 Å². The van der Waals surface area contributed by atoms with Gasteiger partial charge in [-0.15, -0.1) is 0 Å². The minimum atomic E-state index is -3.64. The van der Waals surface area contributed by atoms with Crippen molar-refractivity contribution in [2.75, 3.05) is 13.7 Å². The Morgan fingerprint density at radius 2 is 2.00 bits per heavy atom. The molecule has 4 saturated carbocycles. The Labute approximate surface area is 172 Å². The number of nitrogens with one attached hydrogen (secondary N) is 1. The van der Waals surface area contributed by atoms with Crippen molar-refractivity contribution in [2.45, 2.75) is 61.4 Å². The van der Waals surface area contributed by atoms with E-state index in [-0.39, 0.29) is 28.8 Å². The summed E-state index contributed by atoms with van der Waals surface area (Å²) in [5, 5.41) is 3.39. The van der Waals surface area contributed by atoms with Gasteiger partial charge in [-0.2, -0.15) is 4.31 Å². The summed E-state index contributed by atoms with van der Waals surface area (Å²) in [5.74, 6) is 3.09. The third-order valence-electron chi connectivity index (χ3n) is 8.95. The number of ether oxygens (including phenoxy) is 1. The Kier molecular flexibility index (Phi) is 3.61. The van der Waals surface area contributed by atoms with E-state index < -0.39 is 10.0 Å².